The Balaban J connectivity index is 0.00000507. The normalized spacial score (nSPS) is 11.8. The number of hydrogen-bond acceptors (Lipinski definition) is 6. The van der Waals surface area contributed by atoms with Crippen LogP contribution in [0.5, 0.6) is 0 Å². The lowest BCUT2D eigenvalue weighted by molar-refractivity contribution is 0.0985. The van der Waals surface area contributed by atoms with Crippen LogP contribution in [-0.4, -0.2) is 68.8 Å². The van der Waals surface area contributed by atoms with E-state index in [0.717, 1.165) is 42.3 Å². The summed E-state index contributed by atoms with van der Waals surface area (Å²) in [7, 11) is 0.324. The van der Waals surface area contributed by atoms with Gasteiger partial charge in [0.1, 0.15) is 0 Å². The van der Waals surface area contributed by atoms with Crippen LogP contribution in [0.25, 0.3) is 10.2 Å². The number of aromatic nitrogens is 1. The van der Waals surface area contributed by atoms with Gasteiger partial charge in [0.25, 0.3) is 5.91 Å². The van der Waals surface area contributed by atoms with Crippen LogP contribution in [0.2, 0.25) is 0 Å². The molecular formula is C28H41ClN4O3S2. The first-order valence-corrected chi connectivity index (χ1v) is 15.4. The number of hydrogen-bond donors (Lipinski definition) is 0. The van der Waals surface area contributed by atoms with Gasteiger partial charge in [-0.25, -0.2) is 13.4 Å². The van der Waals surface area contributed by atoms with E-state index >= 15 is 0 Å². The molecule has 210 valence electrons. The average molecular weight is 581 g/mol. The summed E-state index contributed by atoms with van der Waals surface area (Å²) in [4.78, 5) is 22.4. The first kappa shape index (κ1) is 32.2. The maximum absolute atomic E-state index is 13.6. The van der Waals surface area contributed by atoms with Crippen molar-refractivity contribution in [3.63, 3.8) is 0 Å². The second-order valence-electron chi connectivity index (χ2n) is 9.55. The highest BCUT2D eigenvalue weighted by molar-refractivity contribution is 7.89. The molecule has 3 rings (SSSR count). The molecule has 10 heteroatoms. The summed E-state index contributed by atoms with van der Waals surface area (Å²) >= 11 is 1.51. The molecule has 0 saturated carbocycles. The molecule has 0 atom stereocenters. The molecule has 0 aliphatic rings. The van der Waals surface area contributed by atoms with E-state index in [1.165, 1.54) is 16.9 Å². The van der Waals surface area contributed by atoms with E-state index in [4.69, 9.17) is 4.98 Å². The molecule has 7 nitrogen and oxygen atoms in total. The molecular weight excluding hydrogens is 540 g/mol. The maximum Gasteiger partial charge on any atom is 0.260 e. The molecule has 0 bridgehead atoms. The third-order valence-corrected chi connectivity index (χ3v) is 9.31. The van der Waals surface area contributed by atoms with Crippen molar-refractivity contribution in [3.8, 4) is 0 Å². The highest BCUT2D eigenvalue weighted by Crippen LogP contribution is 2.31. The number of unbranched alkanes of at least 4 members (excludes halogenated alkanes) is 2. The van der Waals surface area contributed by atoms with Crippen molar-refractivity contribution in [1.29, 1.82) is 0 Å². The predicted molar refractivity (Wildman–Crippen MR) is 161 cm³/mol. The van der Waals surface area contributed by atoms with Crippen LogP contribution < -0.4 is 4.90 Å². The molecule has 0 aliphatic carbocycles. The summed E-state index contributed by atoms with van der Waals surface area (Å²) in [5, 5.41) is 0.650. The first-order valence-electron chi connectivity index (χ1n) is 13.2. The molecule has 1 aromatic heterocycles. The number of thiazole rings is 1. The smallest absolute Gasteiger partial charge is 0.260 e. The summed E-state index contributed by atoms with van der Waals surface area (Å²) < 4.78 is 29.3. The molecule has 0 saturated heterocycles. The highest BCUT2D eigenvalue weighted by atomic mass is 35.5. The van der Waals surface area contributed by atoms with Crippen molar-refractivity contribution in [3.05, 3.63) is 53.6 Å². The summed E-state index contributed by atoms with van der Waals surface area (Å²) in [5.74, 6) is -0.186. The van der Waals surface area contributed by atoms with Gasteiger partial charge in [0.05, 0.1) is 15.1 Å². The molecule has 0 fully saturated rings. The number of anilines is 1. The van der Waals surface area contributed by atoms with Gasteiger partial charge in [-0.3, -0.25) is 9.69 Å². The number of carbonyl (C=O) groups is 1. The number of aryl methyl sites for hydroxylation is 1. The molecule has 0 unspecified atom stereocenters. The Morgan fingerprint density at radius 2 is 1.53 bits per heavy atom. The zero-order valence-electron chi connectivity index (χ0n) is 23.1. The minimum Gasteiger partial charge on any atom is -0.308 e. The van der Waals surface area contributed by atoms with Crippen molar-refractivity contribution in [2.24, 2.45) is 0 Å². The largest absolute Gasteiger partial charge is 0.308 e. The van der Waals surface area contributed by atoms with Crippen molar-refractivity contribution in [1.82, 2.24) is 14.2 Å². The standard InChI is InChI=1S/C28H40N4O3S2.ClH/c1-6-9-17-31(18-10-7-2)37(34,35)24-14-12-23(13-15-24)27(33)32(20-19-30(4)5)28-29-25-16-11-22(8-3)21-26(25)36-28;/h11-16,21H,6-10,17-20H2,1-5H3;1H. The van der Waals surface area contributed by atoms with Crippen molar-refractivity contribution in [2.45, 2.75) is 57.8 Å². The Kier molecular flexibility index (Phi) is 12.6. The van der Waals surface area contributed by atoms with E-state index in [2.05, 4.69) is 32.9 Å². The van der Waals surface area contributed by atoms with Gasteiger partial charge in [-0.05, 0) is 75.3 Å². The van der Waals surface area contributed by atoms with Crippen LogP contribution in [0.3, 0.4) is 0 Å². The van der Waals surface area contributed by atoms with Crippen molar-refractivity contribution < 1.29 is 13.2 Å². The quantitative estimate of drug-likeness (QED) is 0.231. The van der Waals surface area contributed by atoms with Gasteiger partial charge in [-0.15, -0.1) is 12.4 Å². The number of carbonyl (C=O) groups excluding carboxylic acids is 1. The van der Waals surface area contributed by atoms with E-state index in [-0.39, 0.29) is 23.2 Å². The minimum atomic E-state index is -3.61. The lowest BCUT2D eigenvalue weighted by Crippen LogP contribution is -2.37. The summed E-state index contributed by atoms with van der Waals surface area (Å²) in [5.41, 5.74) is 2.55. The number of benzene rings is 2. The Morgan fingerprint density at radius 1 is 0.895 bits per heavy atom. The molecule has 0 N–H and O–H groups in total. The van der Waals surface area contributed by atoms with Gasteiger partial charge in [0.15, 0.2) is 5.13 Å². The van der Waals surface area contributed by atoms with Crippen molar-refractivity contribution in [2.75, 3.05) is 45.2 Å². The van der Waals surface area contributed by atoms with E-state index < -0.39 is 10.0 Å². The third kappa shape index (κ3) is 7.99. The van der Waals surface area contributed by atoms with Gasteiger partial charge in [0.2, 0.25) is 10.0 Å². The van der Waals surface area contributed by atoms with E-state index in [1.54, 1.807) is 33.5 Å². The summed E-state index contributed by atoms with van der Waals surface area (Å²) in [6.45, 7) is 8.41. The Hall–Kier alpha value is -2.04. The number of amides is 1. The molecule has 3 aromatic rings. The topological polar surface area (TPSA) is 73.8 Å². The second kappa shape index (κ2) is 14.9. The van der Waals surface area contributed by atoms with Crippen LogP contribution in [0, 0.1) is 0 Å². The zero-order chi connectivity index (χ0) is 27.0. The molecule has 1 heterocycles. The minimum absolute atomic E-state index is 0. The molecule has 2 aromatic carbocycles. The number of fused-ring (bicyclic) bond motifs is 1. The number of nitrogens with zero attached hydrogens (tertiary/aromatic N) is 4. The Labute approximate surface area is 238 Å². The number of halogens is 1. The lowest BCUT2D eigenvalue weighted by atomic mass is 10.2. The fraction of sp³-hybridized carbons (Fsp3) is 0.500. The van der Waals surface area contributed by atoms with Crippen LogP contribution in [0.4, 0.5) is 5.13 Å². The van der Waals surface area contributed by atoms with Gasteiger partial charge in [-0.2, -0.15) is 4.31 Å². The number of rotatable bonds is 14. The Bertz CT molecular complexity index is 1270. The molecule has 0 spiro atoms. The molecule has 1 amide bonds. The van der Waals surface area contributed by atoms with E-state index in [9.17, 15) is 13.2 Å². The van der Waals surface area contributed by atoms with Gasteiger partial charge in [0, 0.05) is 31.7 Å². The first-order chi connectivity index (χ1) is 17.7. The molecule has 0 aliphatic heterocycles. The van der Waals surface area contributed by atoms with Crippen LogP contribution in [0.1, 0.15) is 62.4 Å². The van der Waals surface area contributed by atoms with Crippen LogP contribution >= 0.6 is 23.7 Å². The highest BCUT2D eigenvalue weighted by Gasteiger charge is 2.25. The monoisotopic (exact) mass is 580 g/mol. The van der Waals surface area contributed by atoms with Gasteiger partial charge < -0.3 is 4.90 Å². The van der Waals surface area contributed by atoms with Gasteiger partial charge in [-0.1, -0.05) is 51.0 Å². The van der Waals surface area contributed by atoms with E-state index in [0.29, 0.717) is 36.9 Å². The third-order valence-electron chi connectivity index (χ3n) is 6.36. The van der Waals surface area contributed by atoms with Crippen molar-refractivity contribution >= 4 is 55.0 Å². The second-order valence-corrected chi connectivity index (χ2v) is 12.5. The van der Waals surface area contributed by atoms with Crippen LogP contribution in [-0.2, 0) is 16.4 Å². The number of sulfonamides is 1. The summed E-state index contributed by atoms with van der Waals surface area (Å²) in [6, 6.07) is 12.6. The average Bonchev–Trinajstić information content (AvgIpc) is 3.31. The fourth-order valence-corrected chi connectivity index (χ4v) is 6.54. The molecule has 38 heavy (non-hydrogen) atoms. The molecule has 0 radical (unpaired) electrons. The fourth-order valence-electron chi connectivity index (χ4n) is 3.97. The van der Waals surface area contributed by atoms with Crippen LogP contribution in [0.15, 0.2) is 47.4 Å². The SMILES string of the molecule is CCCCN(CCCC)S(=O)(=O)c1ccc(C(=O)N(CCN(C)C)c2nc3ccc(CC)cc3s2)cc1.Cl. The summed E-state index contributed by atoms with van der Waals surface area (Å²) in [6.07, 6.45) is 4.44. The Morgan fingerprint density at radius 3 is 2.08 bits per heavy atom. The van der Waals surface area contributed by atoms with Gasteiger partial charge >= 0.3 is 0 Å². The van der Waals surface area contributed by atoms with E-state index in [1.807, 2.05) is 25.1 Å². The zero-order valence-corrected chi connectivity index (χ0v) is 25.6. The lowest BCUT2D eigenvalue weighted by Gasteiger charge is -2.23. The predicted octanol–water partition coefficient (Wildman–Crippen LogP) is 6.08. The maximum atomic E-state index is 13.6. The number of likely N-dealkylation sites (N-methyl/N-ethyl adjacent to an activating group) is 1.